The zero-order valence-electron chi connectivity index (χ0n) is 13.9. The molecular weight excluding hydrogens is 455 g/mol. The molecule has 3 rings (SSSR count). The van der Waals surface area contributed by atoms with E-state index in [-0.39, 0.29) is 59.4 Å². The van der Waals surface area contributed by atoms with Crippen LogP contribution >= 0.6 is 11.8 Å². The molecular formula is C17H22Cl2SSi2Zr. The molecule has 0 nitrogen and oxygen atoms in total. The van der Waals surface area contributed by atoms with Gasteiger partial charge in [-0.15, -0.1) is 17.1 Å². The molecule has 0 amide bonds. The van der Waals surface area contributed by atoms with Crippen LogP contribution in [0.5, 0.6) is 0 Å². The van der Waals surface area contributed by atoms with E-state index in [0.29, 0.717) is 10.8 Å². The summed E-state index contributed by atoms with van der Waals surface area (Å²) in [5.74, 6) is 0.528. The molecule has 1 aliphatic heterocycles. The minimum absolute atomic E-state index is 0. The van der Waals surface area contributed by atoms with Gasteiger partial charge in [-0.2, -0.15) is 0 Å². The van der Waals surface area contributed by atoms with Crippen LogP contribution in [-0.4, -0.2) is 26.7 Å². The van der Waals surface area contributed by atoms with Gasteiger partial charge in [-0.1, -0.05) is 62.6 Å². The predicted molar refractivity (Wildman–Crippen MR) is 98.4 cm³/mol. The van der Waals surface area contributed by atoms with Crippen molar-refractivity contribution in [2.45, 2.75) is 31.1 Å². The van der Waals surface area contributed by atoms with Crippen molar-refractivity contribution in [2.75, 3.05) is 0 Å². The first-order valence-electron chi connectivity index (χ1n) is 7.29. The van der Waals surface area contributed by atoms with Crippen molar-refractivity contribution in [2.24, 2.45) is 5.92 Å². The van der Waals surface area contributed by atoms with E-state index in [2.05, 4.69) is 85.8 Å². The number of hydrogen-bond acceptors (Lipinski definition) is 1. The summed E-state index contributed by atoms with van der Waals surface area (Å²) in [4.78, 5) is 2.22. The first kappa shape index (κ1) is 23.8. The van der Waals surface area contributed by atoms with E-state index >= 15 is 0 Å². The number of rotatable bonds is 3. The van der Waals surface area contributed by atoms with Crippen LogP contribution in [0.3, 0.4) is 0 Å². The summed E-state index contributed by atoms with van der Waals surface area (Å²) in [7, 11) is -1.62. The van der Waals surface area contributed by atoms with Crippen LogP contribution < -0.4 is 24.8 Å². The van der Waals surface area contributed by atoms with Crippen molar-refractivity contribution < 1.29 is 51.0 Å². The maximum atomic E-state index is 2.75. The second-order valence-corrected chi connectivity index (χ2v) is 15.7. The molecule has 6 heteroatoms. The molecule has 0 fully saturated rings. The Kier molecular flexibility index (Phi) is 9.83. The third-order valence-electron chi connectivity index (χ3n) is 4.06. The molecule has 0 bridgehead atoms. The number of fused-ring (bicyclic) bond motifs is 1. The van der Waals surface area contributed by atoms with Crippen molar-refractivity contribution >= 4 is 33.5 Å². The quantitative estimate of drug-likeness (QED) is 0.448. The Balaban J connectivity index is 0.00000161. The summed E-state index contributed by atoms with van der Waals surface area (Å²) < 4.78 is 0. The maximum Gasteiger partial charge on any atom is 2.00 e. The Hall–Kier alpha value is 0.817. The molecule has 0 aromatic rings. The van der Waals surface area contributed by atoms with Gasteiger partial charge in [-0.25, -0.2) is 0 Å². The van der Waals surface area contributed by atoms with Crippen molar-refractivity contribution in [3.63, 3.8) is 0 Å². The van der Waals surface area contributed by atoms with Gasteiger partial charge in [0.2, 0.25) is 0 Å². The van der Waals surface area contributed by atoms with Gasteiger partial charge in [-0.3, -0.25) is 0 Å². The standard InChI is InChI=1S/C17H22SSi2.2ClH.Zr/c1-19(2)12-20(3,4)17-16(13-8-5-6-9-13)14-10-7-11-15(14)18-17;;;/h5-13,17H,1-4H3;2*1H;/q;;;+2/p-2. The zero-order valence-corrected chi connectivity index (χ0v) is 20.7. The van der Waals surface area contributed by atoms with E-state index < -0.39 is 8.07 Å². The van der Waals surface area contributed by atoms with Gasteiger partial charge in [0.1, 0.15) is 0 Å². The van der Waals surface area contributed by atoms with Crippen LogP contribution in [0.4, 0.5) is 0 Å². The monoisotopic (exact) mass is 474 g/mol. The van der Waals surface area contributed by atoms with E-state index in [4.69, 9.17) is 0 Å². The van der Waals surface area contributed by atoms with Crippen molar-refractivity contribution in [1.29, 1.82) is 0 Å². The van der Waals surface area contributed by atoms with Gasteiger partial charge in [-0.05, 0) is 25.6 Å². The maximum absolute atomic E-state index is 2.75. The summed E-state index contributed by atoms with van der Waals surface area (Å²) in [6.45, 7) is 9.94. The molecule has 1 atom stereocenters. The summed E-state index contributed by atoms with van der Waals surface area (Å²) in [5.41, 5.74) is 3.20. The molecule has 0 saturated heterocycles. The third kappa shape index (κ3) is 4.92. The largest absolute Gasteiger partial charge is 2.00 e. The fraction of sp³-hybridized carbons (Fsp3) is 0.353. The molecule has 0 saturated carbocycles. The van der Waals surface area contributed by atoms with Gasteiger partial charge in [0.05, 0.1) is 8.07 Å². The van der Waals surface area contributed by atoms with E-state index in [0.717, 1.165) is 0 Å². The van der Waals surface area contributed by atoms with E-state index in [9.17, 15) is 0 Å². The molecule has 2 aliphatic carbocycles. The van der Waals surface area contributed by atoms with E-state index in [1.54, 1.807) is 5.57 Å². The molecule has 0 spiro atoms. The molecule has 1 heterocycles. The van der Waals surface area contributed by atoms with Gasteiger partial charge < -0.3 is 24.8 Å². The molecule has 122 valence electrons. The van der Waals surface area contributed by atoms with Crippen LogP contribution in [0, 0.1) is 5.92 Å². The second-order valence-electron chi connectivity index (χ2n) is 6.60. The third-order valence-corrected chi connectivity index (χ3v) is 14.3. The van der Waals surface area contributed by atoms with Gasteiger partial charge in [0.25, 0.3) is 0 Å². The second kappa shape index (κ2) is 9.50. The summed E-state index contributed by atoms with van der Waals surface area (Å²) in [6.07, 6.45) is 16.0. The normalized spacial score (nSPS) is 21.4. The van der Waals surface area contributed by atoms with Crippen molar-refractivity contribution in [1.82, 2.24) is 0 Å². The van der Waals surface area contributed by atoms with Gasteiger partial charge in [0, 0.05) is 15.7 Å². The van der Waals surface area contributed by atoms with Crippen LogP contribution in [0.1, 0.15) is 0 Å². The first-order chi connectivity index (χ1) is 9.49. The molecule has 0 N–H and O–H groups in total. The zero-order chi connectivity index (χ0) is 14.3. The molecule has 1 unspecified atom stereocenters. The minimum Gasteiger partial charge on any atom is -1.00 e. The smallest absolute Gasteiger partial charge is 1.00 e. The summed E-state index contributed by atoms with van der Waals surface area (Å²) >= 11 is 2.13. The average molecular weight is 477 g/mol. The SMILES string of the molecule is C[Si](C)=C[Si](C)(C)C1SC2=CC=CC2=C1C1C=CC=C1.[Cl-].[Cl-].[Zr+2]. The number of halogens is 2. The molecule has 0 radical (unpaired) electrons. The molecule has 23 heavy (non-hydrogen) atoms. The number of hydrogen-bond donors (Lipinski definition) is 0. The Morgan fingerprint density at radius 1 is 1.09 bits per heavy atom. The first-order valence-corrected chi connectivity index (χ1v) is 13.9. The van der Waals surface area contributed by atoms with Crippen molar-refractivity contribution in [3.8, 4) is 0 Å². The Morgan fingerprint density at radius 3 is 2.26 bits per heavy atom. The van der Waals surface area contributed by atoms with Crippen LogP contribution in [-0.2, 0) is 26.2 Å². The van der Waals surface area contributed by atoms with Crippen LogP contribution in [0.2, 0.25) is 26.2 Å². The molecule has 3 aliphatic rings. The topological polar surface area (TPSA) is 0 Å². The summed E-state index contributed by atoms with van der Waals surface area (Å²) in [5, 5.41) is 2.75. The Morgan fingerprint density at radius 2 is 1.70 bits per heavy atom. The number of allylic oxidation sites excluding steroid dienone is 8. The Bertz CT molecular complexity index is 615. The van der Waals surface area contributed by atoms with Gasteiger partial charge in [0.15, 0.2) is 0 Å². The fourth-order valence-corrected chi connectivity index (χ4v) is 14.5. The molecule has 0 aromatic carbocycles. The van der Waals surface area contributed by atoms with Crippen LogP contribution in [0.15, 0.2) is 58.6 Å². The number of thioether (sulfide) groups is 1. The average Bonchev–Trinajstić information content (AvgIpc) is 3.02. The van der Waals surface area contributed by atoms with Crippen LogP contribution in [0.25, 0.3) is 0 Å². The minimum atomic E-state index is -1.35. The van der Waals surface area contributed by atoms with Crippen molar-refractivity contribution in [3.05, 3.63) is 58.6 Å². The van der Waals surface area contributed by atoms with E-state index in [1.165, 1.54) is 10.5 Å². The summed E-state index contributed by atoms with van der Waals surface area (Å²) in [6, 6.07) is 0. The van der Waals surface area contributed by atoms with E-state index in [1.807, 2.05) is 0 Å². The predicted octanol–water partition coefficient (Wildman–Crippen LogP) is -1.48. The van der Waals surface area contributed by atoms with Gasteiger partial charge >= 0.3 is 26.2 Å². The fourth-order valence-electron chi connectivity index (χ4n) is 3.44. The molecule has 0 aromatic heterocycles. The Labute approximate surface area is 178 Å².